The first kappa shape index (κ1) is 24.3. The number of hydrogen-bond acceptors (Lipinski definition) is 6. The first-order valence-electron chi connectivity index (χ1n) is 11.5. The van der Waals surface area contributed by atoms with Crippen molar-refractivity contribution in [3.05, 3.63) is 42.2 Å². The van der Waals surface area contributed by atoms with Crippen molar-refractivity contribution in [3.63, 3.8) is 0 Å². The van der Waals surface area contributed by atoms with Crippen molar-refractivity contribution in [1.29, 1.82) is 0 Å². The number of carbonyl (C=O) groups is 2. The topological polar surface area (TPSA) is 113 Å². The van der Waals surface area contributed by atoms with E-state index in [1.54, 1.807) is 29.2 Å². The number of nitrogens with zero attached hydrogens (tertiary/aromatic N) is 4. The number of amides is 2. The number of aromatic nitrogens is 2. The summed E-state index contributed by atoms with van der Waals surface area (Å²) in [6.45, 7) is 6.67. The van der Waals surface area contributed by atoms with E-state index in [-0.39, 0.29) is 24.1 Å². The molecule has 9 nitrogen and oxygen atoms in total. The Morgan fingerprint density at radius 1 is 1.03 bits per heavy atom. The Morgan fingerprint density at radius 3 is 2.09 bits per heavy atom. The Kier molecular flexibility index (Phi) is 6.99. The molecule has 1 aliphatic heterocycles. The van der Waals surface area contributed by atoms with Crippen LogP contribution in [-0.4, -0.2) is 71.3 Å². The number of benzene rings is 1. The van der Waals surface area contributed by atoms with Crippen LogP contribution in [-0.2, 0) is 15.8 Å². The smallest absolute Gasteiger partial charge is 0.410 e. The molecule has 1 saturated heterocycles. The molecule has 0 spiro atoms. The number of hydrogen-bond donors (Lipinski definition) is 1. The van der Waals surface area contributed by atoms with Crippen molar-refractivity contribution in [1.82, 2.24) is 19.8 Å². The molecule has 10 heteroatoms. The molecular formula is C24H30N4O5S. The summed E-state index contributed by atoms with van der Waals surface area (Å²) < 4.78 is 25.8. The summed E-state index contributed by atoms with van der Waals surface area (Å²) in [5.41, 5.74) is 0.593. The van der Waals surface area contributed by atoms with E-state index in [0.717, 1.165) is 12.8 Å². The molecule has 1 aliphatic carbocycles. The van der Waals surface area contributed by atoms with Crippen LogP contribution in [0.4, 0.5) is 4.79 Å². The Morgan fingerprint density at radius 2 is 1.59 bits per heavy atom. The van der Waals surface area contributed by atoms with Gasteiger partial charge in [0.2, 0.25) is 0 Å². The van der Waals surface area contributed by atoms with Gasteiger partial charge in [0, 0.05) is 43.1 Å². The lowest BCUT2D eigenvalue weighted by Gasteiger charge is -2.39. The average molecular weight is 487 g/mol. The Balaban J connectivity index is 1.42. The minimum absolute atomic E-state index is 0.0604. The van der Waals surface area contributed by atoms with Crippen LogP contribution >= 0.6 is 0 Å². The van der Waals surface area contributed by atoms with E-state index >= 15 is 0 Å². The summed E-state index contributed by atoms with van der Waals surface area (Å²) in [4.78, 5) is 38.4. The third-order valence-electron chi connectivity index (χ3n) is 5.90. The number of piperidine rings is 1. The van der Waals surface area contributed by atoms with Gasteiger partial charge in [0.15, 0.2) is 16.9 Å². The fourth-order valence-electron chi connectivity index (χ4n) is 4.09. The summed E-state index contributed by atoms with van der Waals surface area (Å²) in [7, 11) is 0. The second-order valence-electron chi connectivity index (χ2n) is 9.71. The highest BCUT2D eigenvalue weighted by molar-refractivity contribution is 7.79. The van der Waals surface area contributed by atoms with E-state index in [9.17, 15) is 13.8 Å². The maximum absolute atomic E-state index is 13.4. The third-order valence-corrected chi connectivity index (χ3v) is 6.57. The molecule has 1 saturated carbocycles. The van der Waals surface area contributed by atoms with Gasteiger partial charge in [-0.2, -0.15) is 0 Å². The molecule has 4 rings (SSSR count). The zero-order chi connectivity index (χ0) is 24.5. The van der Waals surface area contributed by atoms with Crippen molar-refractivity contribution >= 4 is 23.1 Å². The van der Waals surface area contributed by atoms with E-state index in [4.69, 9.17) is 9.29 Å². The molecular weight excluding hydrogens is 456 g/mol. The van der Waals surface area contributed by atoms with Crippen molar-refractivity contribution in [2.75, 3.05) is 13.1 Å². The van der Waals surface area contributed by atoms with Gasteiger partial charge in [-0.15, -0.1) is 0 Å². The van der Waals surface area contributed by atoms with Crippen LogP contribution in [0.5, 0.6) is 0 Å². The maximum Gasteiger partial charge on any atom is 0.410 e. The molecule has 2 fully saturated rings. The number of rotatable bonds is 5. The molecule has 2 heterocycles. The predicted octanol–water partition coefficient (Wildman–Crippen LogP) is 3.73. The lowest BCUT2D eigenvalue weighted by Crippen LogP contribution is -2.50. The van der Waals surface area contributed by atoms with Crippen molar-refractivity contribution in [2.24, 2.45) is 0 Å². The van der Waals surface area contributed by atoms with Gasteiger partial charge in [-0.05, 0) is 70.7 Å². The van der Waals surface area contributed by atoms with Gasteiger partial charge in [-0.25, -0.2) is 19.0 Å². The van der Waals surface area contributed by atoms with Crippen LogP contribution in [0.25, 0.3) is 11.4 Å². The van der Waals surface area contributed by atoms with Gasteiger partial charge in [0.25, 0.3) is 5.91 Å². The number of carbonyl (C=O) groups excluding carboxylic acids is 2. The number of ether oxygens (including phenoxy) is 1. The molecule has 0 radical (unpaired) electrons. The minimum Gasteiger partial charge on any atom is -0.444 e. The lowest BCUT2D eigenvalue weighted by atomic mass is 10.0. The SMILES string of the molecule is CC(C)(C)OC(=O)N1CCC(N(C(=O)c2cnc(-c3ccc(S(=O)O)cc3)nc2)C2CC2)CC1. The van der Waals surface area contributed by atoms with Crippen LogP contribution in [0.3, 0.4) is 0 Å². The average Bonchev–Trinajstić information content (AvgIpc) is 3.64. The van der Waals surface area contributed by atoms with Crippen LogP contribution in [0, 0.1) is 0 Å². The van der Waals surface area contributed by atoms with Gasteiger partial charge >= 0.3 is 6.09 Å². The number of likely N-dealkylation sites (tertiary alicyclic amines) is 1. The van der Waals surface area contributed by atoms with E-state index in [1.165, 1.54) is 12.4 Å². The van der Waals surface area contributed by atoms with E-state index in [2.05, 4.69) is 9.97 Å². The molecule has 1 aromatic carbocycles. The van der Waals surface area contributed by atoms with Gasteiger partial charge in [0.05, 0.1) is 10.5 Å². The zero-order valence-corrected chi connectivity index (χ0v) is 20.5. The summed E-state index contributed by atoms with van der Waals surface area (Å²) in [5, 5.41) is 0. The molecule has 2 aromatic rings. The van der Waals surface area contributed by atoms with Gasteiger partial charge < -0.3 is 19.1 Å². The van der Waals surface area contributed by atoms with Crippen molar-refractivity contribution in [3.8, 4) is 11.4 Å². The van der Waals surface area contributed by atoms with Crippen LogP contribution in [0.2, 0.25) is 0 Å². The predicted molar refractivity (Wildman–Crippen MR) is 127 cm³/mol. The molecule has 0 bridgehead atoms. The molecule has 1 aromatic heterocycles. The van der Waals surface area contributed by atoms with E-state index < -0.39 is 16.7 Å². The molecule has 1 unspecified atom stereocenters. The molecule has 2 amide bonds. The van der Waals surface area contributed by atoms with Gasteiger partial charge in [0.1, 0.15) is 5.60 Å². The lowest BCUT2D eigenvalue weighted by molar-refractivity contribution is 0.0142. The monoisotopic (exact) mass is 486 g/mol. The Hall–Kier alpha value is -2.85. The summed E-state index contributed by atoms with van der Waals surface area (Å²) in [6, 6.07) is 6.73. The van der Waals surface area contributed by atoms with Crippen LogP contribution in [0.15, 0.2) is 41.6 Å². The first-order chi connectivity index (χ1) is 16.1. The largest absolute Gasteiger partial charge is 0.444 e. The summed E-state index contributed by atoms with van der Waals surface area (Å²) in [5.74, 6) is 0.353. The van der Waals surface area contributed by atoms with Gasteiger partial charge in [-0.3, -0.25) is 4.79 Å². The second kappa shape index (κ2) is 9.79. The maximum atomic E-state index is 13.4. The first-order valence-corrected chi connectivity index (χ1v) is 12.6. The second-order valence-corrected chi connectivity index (χ2v) is 10.7. The van der Waals surface area contributed by atoms with E-state index in [0.29, 0.717) is 47.8 Å². The fraction of sp³-hybridized carbons (Fsp3) is 0.500. The third kappa shape index (κ3) is 5.79. The molecule has 2 aliphatic rings. The Labute approximate surface area is 201 Å². The fourth-order valence-corrected chi connectivity index (χ4v) is 4.46. The molecule has 1 atom stereocenters. The highest BCUT2D eigenvalue weighted by Crippen LogP contribution is 2.33. The summed E-state index contributed by atoms with van der Waals surface area (Å²) in [6.07, 6.45) is 6.14. The van der Waals surface area contributed by atoms with Crippen molar-refractivity contribution in [2.45, 2.75) is 69.0 Å². The Bertz CT molecular complexity index is 1060. The van der Waals surface area contributed by atoms with Crippen LogP contribution < -0.4 is 0 Å². The minimum atomic E-state index is -2.04. The molecule has 34 heavy (non-hydrogen) atoms. The van der Waals surface area contributed by atoms with Gasteiger partial charge in [-0.1, -0.05) is 0 Å². The highest BCUT2D eigenvalue weighted by atomic mass is 32.2. The standard InChI is InChI=1S/C24H30N4O5S/c1-24(2,3)33-23(30)27-12-10-19(11-13-27)28(18-6-7-18)22(29)17-14-25-21(26-15-17)16-4-8-20(9-5-16)34(31)32/h4-5,8-9,14-15,18-19H,6-7,10-13H2,1-3H3,(H,31,32). The molecule has 182 valence electrons. The van der Waals surface area contributed by atoms with Crippen molar-refractivity contribution < 1.29 is 23.1 Å². The quantitative estimate of drug-likeness (QED) is 0.641. The normalized spacial score (nSPS) is 17.8. The summed E-state index contributed by atoms with van der Waals surface area (Å²) >= 11 is -2.04. The highest BCUT2D eigenvalue weighted by Gasteiger charge is 2.40. The zero-order valence-electron chi connectivity index (χ0n) is 19.6. The molecule has 1 N–H and O–H groups in total. The van der Waals surface area contributed by atoms with E-state index in [1.807, 2.05) is 25.7 Å². The van der Waals surface area contributed by atoms with Crippen LogP contribution in [0.1, 0.15) is 56.8 Å².